The number of nitrogens with two attached hydrogens (primary N) is 1. The summed E-state index contributed by atoms with van der Waals surface area (Å²) in [5.41, 5.74) is 6.78. The van der Waals surface area contributed by atoms with Crippen LogP contribution in [0.4, 0.5) is 13.2 Å². The molecule has 0 aliphatic carbocycles. The van der Waals surface area contributed by atoms with Crippen molar-refractivity contribution in [3.8, 4) is 11.5 Å². The minimum absolute atomic E-state index is 0.0198. The van der Waals surface area contributed by atoms with Crippen LogP contribution in [-0.2, 0) is 6.42 Å². The number of alkyl halides is 3. The standard InChI is InChI=1S/C14H20F3NO2/c1-3-11(18)7-10-5-6-12(13(8-10)19-4-2)20-9-14(15,16)17/h5-6,8,11H,3-4,7,9,18H2,1-2H3. The largest absolute Gasteiger partial charge is 0.490 e. The summed E-state index contributed by atoms with van der Waals surface area (Å²) in [5, 5.41) is 0. The van der Waals surface area contributed by atoms with Crippen LogP contribution in [0.15, 0.2) is 18.2 Å². The van der Waals surface area contributed by atoms with Gasteiger partial charge >= 0.3 is 6.18 Å². The van der Waals surface area contributed by atoms with Crippen LogP contribution in [-0.4, -0.2) is 25.4 Å². The smallest absolute Gasteiger partial charge is 0.422 e. The number of hydrogen-bond acceptors (Lipinski definition) is 3. The Morgan fingerprint density at radius 2 is 1.85 bits per heavy atom. The van der Waals surface area contributed by atoms with Crippen molar-refractivity contribution in [2.24, 2.45) is 5.73 Å². The normalized spacial score (nSPS) is 13.1. The van der Waals surface area contributed by atoms with Crippen LogP contribution < -0.4 is 15.2 Å². The van der Waals surface area contributed by atoms with Crippen molar-refractivity contribution in [1.82, 2.24) is 0 Å². The SMILES string of the molecule is CCOc1cc(CC(N)CC)ccc1OCC(F)(F)F. The van der Waals surface area contributed by atoms with E-state index in [0.717, 1.165) is 12.0 Å². The fourth-order valence-electron chi connectivity index (χ4n) is 1.67. The first-order valence-corrected chi connectivity index (χ1v) is 6.56. The third-order valence-corrected chi connectivity index (χ3v) is 2.72. The molecule has 1 atom stereocenters. The molecule has 0 spiro atoms. The van der Waals surface area contributed by atoms with Crippen molar-refractivity contribution >= 4 is 0 Å². The maximum atomic E-state index is 12.2. The minimum atomic E-state index is -4.37. The third kappa shape index (κ3) is 5.69. The fourth-order valence-corrected chi connectivity index (χ4v) is 1.67. The van der Waals surface area contributed by atoms with Gasteiger partial charge in [0.2, 0.25) is 0 Å². The highest BCUT2D eigenvalue weighted by atomic mass is 19.4. The van der Waals surface area contributed by atoms with E-state index in [-0.39, 0.29) is 11.8 Å². The molecule has 0 amide bonds. The molecule has 0 fully saturated rings. The van der Waals surface area contributed by atoms with E-state index < -0.39 is 12.8 Å². The topological polar surface area (TPSA) is 44.5 Å². The average Bonchev–Trinajstić information content (AvgIpc) is 2.37. The highest BCUT2D eigenvalue weighted by Crippen LogP contribution is 2.30. The molecule has 0 aliphatic heterocycles. The second-order valence-electron chi connectivity index (χ2n) is 4.49. The number of halogens is 3. The lowest BCUT2D eigenvalue weighted by Crippen LogP contribution is -2.21. The maximum absolute atomic E-state index is 12.2. The summed E-state index contributed by atoms with van der Waals surface area (Å²) in [4.78, 5) is 0. The number of ether oxygens (including phenoxy) is 2. The molecular weight excluding hydrogens is 271 g/mol. The number of rotatable bonds is 7. The zero-order valence-electron chi connectivity index (χ0n) is 11.7. The van der Waals surface area contributed by atoms with E-state index in [1.54, 1.807) is 19.1 Å². The summed E-state index contributed by atoms with van der Waals surface area (Å²) >= 11 is 0. The fraction of sp³-hybridized carbons (Fsp3) is 0.571. The van der Waals surface area contributed by atoms with Gasteiger partial charge in [0.25, 0.3) is 0 Å². The molecular formula is C14H20F3NO2. The molecule has 0 saturated carbocycles. The Balaban J connectivity index is 2.84. The molecule has 0 heterocycles. The molecule has 2 N–H and O–H groups in total. The maximum Gasteiger partial charge on any atom is 0.422 e. The molecule has 1 rings (SSSR count). The summed E-state index contributed by atoms with van der Waals surface area (Å²) < 4.78 is 46.6. The molecule has 0 saturated heterocycles. The molecule has 1 aromatic rings. The van der Waals surface area contributed by atoms with Crippen LogP contribution >= 0.6 is 0 Å². The Morgan fingerprint density at radius 1 is 1.15 bits per heavy atom. The zero-order chi connectivity index (χ0) is 15.2. The predicted molar refractivity (Wildman–Crippen MR) is 71.1 cm³/mol. The Morgan fingerprint density at radius 3 is 2.40 bits per heavy atom. The Hall–Kier alpha value is -1.43. The van der Waals surface area contributed by atoms with Crippen molar-refractivity contribution in [1.29, 1.82) is 0 Å². The third-order valence-electron chi connectivity index (χ3n) is 2.72. The van der Waals surface area contributed by atoms with E-state index in [4.69, 9.17) is 15.2 Å². The van der Waals surface area contributed by atoms with E-state index >= 15 is 0 Å². The van der Waals surface area contributed by atoms with Crippen molar-refractivity contribution in [2.75, 3.05) is 13.2 Å². The van der Waals surface area contributed by atoms with Gasteiger partial charge in [-0.05, 0) is 37.5 Å². The number of hydrogen-bond donors (Lipinski definition) is 1. The van der Waals surface area contributed by atoms with Gasteiger partial charge in [-0.1, -0.05) is 13.0 Å². The molecule has 0 aromatic heterocycles. The van der Waals surface area contributed by atoms with Gasteiger partial charge in [0, 0.05) is 6.04 Å². The van der Waals surface area contributed by atoms with Crippen molar-refractivity contribution < 1.29 is 22.6 Å². The lowest BCUT2D eigenvalue weighted by molar-refractivity contribution is -0.153. The van der Waals surface area contributed by atoms with Gasteiger partial charge < -0.3 is 15.2 Å². The van der Waals surface area contributed by atoms with Gasteiger partial charge in [-0.25, -0.2) is 0 Å². The Kier molecular flexibility index (Phi) is 6.13. The first-order valence-electron chi connectivity index (χ1n) is 6.56. The van der Waals surface area contributed by atoms with Crippen molar-refractivity contribution in [2.45, 2.75) is 38.9 Å². The number of benzene rings is 1. The van der Waals surface area contributed by atoms with Crippen LogP contribution in [0.3, 0.4) is 0 Å². The highest BCUT2D eigenvalue weighted by Gasteiger charge is 2.29. The van der Waals surface area contributed by atoms with Gasteiger partial charge in [0.1, 0.15) is 0 Å². The van der Waals surface area contributed by atoms with E-state index in [1.165, 1.54) is 6.07 Å². The predicted octanol–water partition coefficient (Wildman–Crippen LogP) is 3.31. The molecule has 3 nitrogen and oxygen atoms in total. The van der Waals surface area contributed by atoms with Crippen LogP contribution in [0, 0.1) is 0 Å². The van der Waals surface area contributed by atoms with Crippen LogP contribution in [0.5, 0.6) is 11.5 Å². The summed E-state index contributed by atoms with van der Waals surface area (Å²) in [6.07, 6.45) is -2.89. The quantitative estimate of drug-likeness (QED) is 0.838. The van der Waals surface area contributed by atoms with E-state index in [0.29, 0.717) is 18.8 Å². The van der Waals surface area contributed by atoms with Crippen LogP contribution in [0.1, 0.15) is 25.8 Å². The van der Waals surface area contributed by atoms with Gasteiger partial charge in [-0.2, -0.15) is 13.2 Å². The summed E-state index contributed by atoms with van der Waals surface area (Å²) in [6, 6.07) is 4.91. The first kappa shape index (κ1) is 16.6. The molecule has 0 bridgehead atoms. The zero-order valence-corrected chi connectivity index (χ0v) is 11.7. The van der Waals surface area contributed by atoms with E-state index in [9.17, 15) is 13.2 Å². The second kappa shape index (κ2) is 7.38. The van der Waals surface area contributed by atoms with Crippen molar-refractivity contribution in [3.05, 3.63) is 23.8 Å². The molecule has 1 aromatic carbocycles. The molecule has 114 valence electrons. The molecule has 1 unspecified atom stereocenters. The van der Waals surface area contributed by atoms with Crippen molar-refractivity contribution in [3.63, 3.8) is 0 Å². The van der Waals surface area contributed by atoms with Crippen LogP contribution in [0.2, 0.25) is 0 Å². The van der Waals surface area contributed by atoms with Crippen LogP contribution in [0.25, 0.3) is 0 Å². The highest BCUT2D eigenvalue weighted by molar-refractivity contribution is 5.43. The van der Waals surface area contributed by atoms with E-state index in [1.807, 2.05) is 6.92 Å². The van der Waals surface area contributed by atoms with Gasteiger partial charge in [0.05, 0.1) is 6.61 Å². The summed E-state index contributed by atoms with van der Waals surface area (Å²) in [6.45, 7) is 2.76. The van der Waals surface area contributed by atoms with Gasteiger partial charge in [-0.15, -0.1) is 0 Å². The molecule has 0 radical (unpaired) electrons. The summed E-state index contributed by atoms with van der Waals surface area (Å²) in [5.74, 6) is 0.413. The Bertz CT molecular complexity index is 421. The molecule has 6 heteroatoms. The monoisotopic (exact) mass is 291 g/mol. The Labute approximate surface area is 116 Å². The lowest BCUT2D eigenvalue weighted by atomic mass is 10.0. The average molecular weight is 291 g/mol. The van der Waals surface area contributed by atoms with Gasteiger partial charge in [0.15, 0.2) is 18.1 Å². The minimum Gasteiger partial charge on any atom is -0.490 e. The first-order chi connectivity index (χ1) is 9.35. The second-order valence-corrected chi connectivity index (χ2v) is 4.49. The molecule has 20 heavy (non-hydrogen) atoms. The lowest BCUT2D eigenvalue weighted by Gasteiger charge is -2.15. The van der Waals surface area contributed by atoms with E-state index in [2.05, 4.69) is 0 Å². The summed E-state index contributed by atoms with van der Waals surface area (Å²) in [7, 11) is 0. The molecule has 0 aliphatic rings. The van der Waals surface area contributed by atoms with Gasteiger partial charge in [-0.3, -0.25) is 0 Å².